The fraction of sp³-hybridized carbons (Fsp3) is 0.0667. The number of carbonyl (C=O) groups excluding carboxylic acids is 2. The molecule has 0 bridgehead atoms. The maximum Gasteiger partial charge on any atom is 0.255 e. The van der Waals surface area contributed by atoms with Gasteiger partial charge in [-0.2, -0.15) is 0 Å². The monoisotopic (exact) mass is 254 g/mol. The van der Waals surface area contributed by atoms with Crippen LogP contribution in [0.3, 0.4) is 0 Å². The third kappa shape index (κ3) is 3.67. The first-order chi connectivity index (χ1) is 9.15. The van der Waals surface area contributed by atoms with Gasteiger partial charge < -0.3 is 10.6 Å². The molecule has 0 radical (unpaired) electrons. The van der Waals surface area contributed by atoms with E-state index in [0.717, 1.165) is 0 Å². The molecule has 4 nitrogen and oxygen atoms in total. The standard InChI is InChI=1S/C15H14N2O2/c1-11(18)16-13-8-5-9-14(10-13)17-15(19)12-6-3-2-4-7-12/h2-10H,1H3,(H,16,18)(H,17,19). The Morgan fingerprint density at radius 1 is 0.842 bits per heavy atom. The predicted molar refractivity (Wildman–Crippen MR) is 75.1 cm³/mol. The number of carbonyl (C=O) groups is 2. The van der Waals surface area contributed by atoms with E-state index in [0.29, 0.717) is 16.9 Å². The van der Waals surface area contributed by atoms with Crippen LogP contribution in [0.2, 0.25) is 0 Å². The Bertz CT molecular complexity index is 594. The Morgan fingerprint density at radius 2 is 1.47 bits per heavy atom. The number of rotatable bonds is 3. The van der Waals surface area contributed by atoms with Crippen LogP contribution in [-0.4, -0.2) is 11.8 Å². The summed E-state index contributed by atoms with van der Waals surface area (Å²) < 4.78 is 0. The predicted octanol–water partition coefficient (Wildman–Crippen LogP) is 2.90. The van der Waals surface area contributed by atoms with Crippen molar-refractivity contribution in [3.8, 4) is 0 Å². The summed E-state index contributed by atoms with van der Waals surface area (Å²) >= 11 is 0. The van der Waals surface area contributed by atoms with Crippen molar-refractivity contribution >= 4 is 23.2 Å². The molecule has 0 atom stereocenters. The molecule has 0 aliphatic rings. The fourth-order valence-corrected chi connectivity index (χ4v) is 1.67. The van der Waals surface area contributed by atoms with Crippen molar-refractivity contribution in [2.24, 2.45) is 0 Å². The molecule has 4 heteroatoms. The summed E-state index contributed by atoms with van der Waals surface area (Å²) in [6, 6.07) is 16.0. The third-order valence-corrected chi connectivity index (χ3v) is 2.48. The van der Waals surface area contributed by atoms with Crippen molar-refractivity contribution in [2.45, 2.75) is 6.92 Å². The molecule has 0 saturated carbocycles. The van der Waals surface area contributed by atoms with Crippen molar-refractivity contribution in [2.75, 3.05) is 10.6 Å². The zero-order chi connectivity index (χ0) is 13.7. The van der Waals surface area contributed by atoms with Gasteiger partial charge in [-0.3, -0.25) is 9.59 Å². The van der Waals surface area contributed by atoms with Gasteiger partial charge in [-0.05, 0) is 30.3 Å². The number of nitrogens with one attached hydrogen (secondary N) is 2. The van der Waals surface area contributed by atoms with Gasteiger partial charge in [0.15, 0.2) is 0 Å². The van der Waals surface area contributed by atoms with Gasteiger partial charge in [0.05, 0.1) is 0 Å². The Labute approximate surface area is 111 Å². The molecule has 0 aliphatic carbocycles. The first-order valence-corrected chi connectivity index (χ1v) is 5.89. The van der Waals surface area contributed by atoms with Crippen molar-refractivity contribution in [3.63, 3.8) is 0 Å². The quantitative estimate of drug-likeness (QED) is 0.884. The highest BCUT2D eigenvalue weighted by atomic mass is 16.2. The van der Waals surface area contributed by atoms with E-state index in [2.05, 4.69) is 10.6 Å². The summed E-state index contributed by atoms with van der Waals surface area (Å²) in [6.45, 7) is 1.44. The highest BCUT2D eigenvalue weighted by molar-refractivity contribution is 6.04. The van der Waals surface area contributed by atoms with E-state index in [1.165, 1.54) is 6.92 Å². The van der Waals surface area contributed by atoms with Crippen LogP contribution in [0.4, 0.5) is 11.4 Å². The van der Waals surface area contributed by atoms with Gasteiger partial charge in [0.25, 0.3) is 5.91 Å². The number of benzene rings is 2. The number of anilines is 2. The topological polar surface area (TPSA) is 58.2 Å². The van der Waals surface area contributed by atoms with Crippen LogP contribution in [0.5, 0.6) is 0 Å². The lowest BCUT2D eigenvalue weighted by molar-refractivity contribution is -0.114. The van der Waals surface area contributed by atoms with Crippen LogP contribution in [-0.2, 0) is 4.79 Å². The van der Waals surface area contributed by atoms with E-state index in [1.54, 1.807) is 36.4 Å². The highest BCUT2D eigenvalue weighted by Crippen LogP contribution is 2.16. The molecule has 2 aromatic rings. The van der Waals surface area contributed by atoms with Gasteiger partial charge >= 0.3 is 0 Å². The van der Waals surface area contributed by atoms with Crippen LogP contribution in [0.25, 0.3) is 0 Å². The zero-order valence-electron chi connectivity index (χ0n) is 10.5. The van der Waals surface area contributed by atoms with Crippen LogP contribution in [0, 0.1) is 0 Å². The van der Waals surface area contributed by atoms with Crippen molar-refractivity contribution in [3.05, 3.63) is 60.2 Å². The lowest BCUT2D eigenvalue weighted by atomic mass is 10.2. The molecular formula is C15H14N2O2. The maximum absolute atomic E-state index is 11.9. The molecular weight excluding hydrogens is 240 g/mol. The minimum Gasteiger partial charge on any atom is -0.326 e. The first kappa shape index (κ1) is 12.8. The normalized spacial score (nSPS) is 9.74. The zero-order valence-corrected chi connectivity index (χ0v) is 10.5. The molecule has 0 heterocycles. The summed E-state index contributed by atoms with van der Waals surface area (Å²) in [5.74, 6) is -0.327. The molecule has 0 aliphatic heterocycles. The molecule has 0 saturated heterocycles. The smallest absolute Gasteiger partial charge is 0.255 e. The second-order valence-corrected chi connectivity index (χ2v) is 4.08. The summed E-state index contributed by atoms with van der Waals surface area (Å²) in [6.07, 6.45) is 0. The largest absolute Gasteiger partial charge is 0.326 e. The van der Waals surface area contributed by atoms with E-state index in [-0.39, 0.29) is 11.8 Å². The Morgan fingerprint density at radius 3 is 2.11 bits per heavy atom. The Kier molecular flexibility index (Phi) is 3.93. The summed E-state index contributed by atoms with van der Waals surface area (Å²) in [5, 5.41) is 5.45. The summed E-state index contributed by atoms with van der Waals surface area (Å²) in [5.41, 5.74) is 1.88. The van der Waals surface area contributed by atoms with Gasteiger partial charge in [-0.1, -0.05) is 24.3 Å². The molecule has 19 heavy (non-hydrogen) atoms. The minimum atomic E-state index is -0.180. The van der Waals surface area contributed by atoms with Crippen molar-refractivity contribution in [1.29, 1.82) is 0 Å². The third-order valence-electron chi connectivity index (χ3n) is 2.48. The van der Waals surface area contributed by atoms with Crippen LogP contribution >= 0.6 is 0 Å². The van der Waals surface area contributed by atoms with Crippen LogP contribution in [0.15, 0.2) is 54.6 Å². The van der Waals surface area contributed by atoms with Gasteiger partial charge in [-0.25, -0.2) is 0 Å². The van der Waals surface area contributed by atoms with Crippen molar-refractivity contribution in [1.82, 2.24) is 0 Å². The van der Waals surface area contributed by atoms with E-state index >= 15 is 0 Å². The molecule has 2 amide bonds. The number of amides is 2. The lowest BCUT2D eigenvalue weighted by Crippen LogP contribution is -2.12. The number of hydrogen-bond acceptors (Lipinski definition) is 2. The Hall–Kier alpha value is -2.62. The molecule has 0 spiro atoms. The number of hydrogen-bond donors (Lipinski definition) is 2. The van der Waals surface area contributed by atoms with Crippen LogP contribution in [0.1, 0.15) is 17.3 Å². The summed E-state index contributed by atoms with van der Waals surface area (Å²) in [7, 11) is 0. The molecule has 0 aromatic heterocycles. The van der Waals surface area contributed by atoms with Gasteiger partial charge in [0.1, 0.15) is 0 Å². The average Bonchev–Trinajstić information content (AvgIpc) is 2.39. The second kappa shape index (κ2) is 5.82. The first-order valence-electron chi connectivity index (χ1n) is 5.89. The molecule has 0 fully saturated rings. The average molecular weight is 254 g/mol. The molecule has 2 rings (SSSR count). The van der Waals surface area contributed by atoms with E-state index in [4.69, 9.17) is 0 Å². The van der Waals surface area contributed by atoms with Gasteiger partial charge in [0.2, 0.25) is 5.91 Å². The highest BCUT2D eigenvalue weighted by Gasteiger charge is 2.05. The molecule has 0 unspecified atom stereocenters. The van der Waals surface area contributed by atoms with E-state index in [9.17, 15) is 9.59 Å². The van der Waals surface area contributed by atoms with Crippen molar-refractivity contribution < 1.29 is 9.59 Å². The Balaban J connectivity index is 2.11. The lowest BCUT2D eigenvalue weighted by Gasteiger charge is -2.07. The van der Waals surface area contributed by atoms with E-state index in [1.807, 2.05) is 18.2 Å². The minimum absolute atomic E-state index is 0.147. The molecule has 96 valence electrons. The van der Waals surface area contributed by atoms with Gasteiger partial charge in [-0.15, -0.1) is 0 Å². The molecule has 2 N–H and O–H groups in total. The van der Waals surface area contributed by atoms with E-state index < -0.39 is 0 Å². The molecule has 2 aromatic carbocycles. The van der Waals surface area contributed by atoms with Gasteiger partial charge in [0, 0.05) is 23.9 Å². The SMILES string of the molecule is CC(=O)Nc1cccc(NC(=O)c2ccccc2)c1. The van der Waals surface area contributed by atoms with Crippen LogP contribution < -0.4 is 10.6 Å². The second-order valence-electron chi connectivity index (χ2n) is 4.08. The summed E-state index contributed by atoms with van der Waals surface area (Å²) in [4.78, 5) is 22.9. The maximum atomic E-state index is 11.9. The fourth-order valence-electron chi connectivity index (χ4n) is 1.67.